The Bertz CT molecular complexity index is 884. The minimum absolute atomic E-state index is 0.0919. The molecule has 4 aliphatic carbocycles. The van der Waals surface area contributed by atoms with Crippen LogP contribution in [0.3, 0.4) is 0 Å². The van der Waals surface area contributed by atoms with Crippen LogP contribution in [0.2, 0.25) is 0 Å². The van der Waals surface area contributed by atoms with E-state index in [0.717, 1.165) is 38.5 Å². The fourth-order valence-electron chi connectivity index (χ4n) is 8.15. The maximum atomic E-state index is 12.2. The van der Waals surface area contributed by atoms with E-state index >= 15 is 0 Å². The first-order valence-electron chi connectivity index (χ1n) is 12.3. The number of carbonyl (C=O) groups is 3. The van der Waals surface area contributed by atoms with Gasteiger partial charge in [0, 0.05) is 30.6 Å². The van der Waals surface area contributed by atoms with Crippen LogP contribution in [-0.4, -0.2) is 29.9 Å². The van der Waals surface area contributed by atoms with Crippen molar-refractivity contribution >= 4 is 17.7 Å². The maximum absolute atomic E-state index is 12.2. The van der Waals surface area contributed by atoms with Crippen LogP contribution in [0.15, 0.2) is 23.3 Å². The molecule has 0 N–H and O–H groups in total. The Morgan fingerprint density at radius 2 is 1.88 bits per heavy atom. The van der Waals surface area contributed by atoms with Crippen LogP contribution in [0.5, 0.6) is 0 Å². The molecule has 32 heavy (non-hydrogen) atoms. The summed E-state index contributed by atoms with van der Waals surface area (Å²) in [6, 6.07) is 0. The van der Waals surface area contributed by atoms with Gasteiger partial charge in [-0.15, -0.1) is 0 Å². The predicted octanol–water partition coefficient (Wildman–Crippen LogP) is 5.18. The topological polar surface area (TPSA) is 69.7 Å². The Balaban J connectivity index is 1.75. The lowest BCUT2D eigenvalue weighted by Gasteiger charge is -2.59. The van der Waals surface area contributed by atoms with E-state index in [1.807, 2.05) is 12.2 Å². The van der Waals surface area contributed by atoms with Crippen molar-refractivity contribution in [3.05, 3.63) is 23.3 Å². The van der Waals surface area contributed by atoms with Gasteiger partial charge in [0.05, 0.1) is 0 Å². The molecule has 0 spiro atoms. The van der Waals surface area contributed by atoms with E-state index in [4.69, 9.17) is 9.47 Å². The Morgan fingerprint density at radius 3 is 2.50 bits per heavy atom. The minimum atomic E-state index is -0.243. The molecular weight excluding hydrogens is 404 g/mol. The highest BCUT2D eigenvalue weighted by molar-refractivity contribution is 6.02. The molecule has 0 radical (unpaired) electrons. The Hall–Kier alpha value is -1.91. The Morgan fingerprint density at radius 1 is 1.16 bits per heavy atom. The van der Waals surface area contributed by atoms with Gasteiger partial charge in [0.15, 0.2) is 5.78 Å². The lowest BCUT2D eigenvalue weighted by Crippen LogP contribution is -2.53. The van der Waals surface area contributed by atoms with Crippen LogP contribution in [0, 0.1) is 34.5 Å². The van der Waals surface area contributed by atoms with Crippen LogP contribution in [0.4, 0.5) is 0 Å². The number of ketones is 1. The Labute approximate surface area is 192 Å². The molecule has 5 heteroatoms. The van der Waals surface area contributed by atoms with Crippen LogP contribution < -0.4 is 0 Å². The molecule has 0 unspecified atom stereocenters. The van der Waals surface area contributed by atoms with E-state index in [2.05, 4.69) is 27.7 Å². The summed E-state index contributed by atoms with van der Waals surface area (Å²) < 4.78 is 11.7. The summed E-state index contributed by atoms with van der Waals surface area (Å²) in [4.78, 5) is 36.1. The van der Waals surface area contributed by atoms with Crippen LogP contribution in [0.1, 0.15) is 80.1 Å². The van der Waals surface area contributed by atoms with Gasteiger partial charge in [-0.25, -0.2) is 0 Å². The first-order valence-corrected chi connectivity index (χ1v) is 12.3. The molecule has 0 aromatic carbocycles. The lowest BCUT2D eigenvalue weighted by molar-refractivity contribution is -0.157. The van der Waals surface area contributed by atoms with Crippen molar-refractivity contribution < 1.29 is 23.9 Å². The number of rotatable bonds is 4. The first kappa shape index (κ1) is 23.3. The quantitative estimate of drug-likeness (QED) is 0.561. The number of hydrogen-bond acceptors (Lipinski definition) is 5. The van der Waals surface area contributed by atoms with E-state index in [9.17, 15) is 14.4 Å². The second-order valence-corrected chi connectivity index (χ2v) is 11.0. The third kappa shape index (κ3) is 3.47. The molecule has 0 saturated heterocycles. The average molecular weight is 443 g/mol. The molecule has 0 aliphatic heterocycles. The van der Waals surface area contributed by atoms with E-state index in [1.165, 1.54) is 25.0 Å². The molecule has 0 amide bonds. The van der Waals surface area contributed by atoms with Crippen LogP contribution in [-0.2, 0) is 23.9 Å². The molecule has 3 saturated carbocycles. The molecule has 176 valence electrons. The highest BCUT2D eigenvalue weighted by atomic mass is 16.6. The zero-order valence-electron chi connectivity index (χ0n) is 20.4. The summed E-state index contributed by atoms with van der Waals surface area (Å²) >= 11 is 0. The molecule has 4 rings (SSSR count). The summed E-state index contributed by atoms with van der Waals surface area (Å²) in [5, 5.41) is 0. The normalized spacial score (nSPS) is 41.4. The second-order valence-electron chi connectivity index (χ2n) is 11.0. The highest BCUT2D eigenvalue weighted by Crippen LogP contribution is 2.68. The fraction of sp³-hybridized carbons (Fsp3) is 0.741. The maximum Gasteiger partial charge on any atom is 0.302 e. The number of carbonyl (C=O) groups excluding carboxylic acids is 3. The molecule has 8 atom stereocenters. The van der Waals surface area contributed by atoms with Crippen molar-refractivity contribution in [1.82, 2.24) is 0 Å². The second kappa shape index (κ2) is 8.14. The van der Waals surface area contributed by atoms with Crippen LogP contribution in [0.25, 0.3) is 0 Å². The molecular formula is C27H38O5. The lowest BCUT2D eigenvalue weighted by atomic mass is 9.46. The van der Waals surface area contributed by atoms with Crippen molar-refractivity contribution in [2.75, 3.05) is 0 Å². The largest absolute Gasteiger partial charge is 0.462 e. The van der Waals surface area contributed by atoms with Gasteiger partial charge in [0.25, 0.3) is 0 Å². The molecule has 0 aromatic rings. The van der Waals surface area contributed by atoms with Crippen molar-refractivity contribution in [3.8, 4) is 0 Å². The third-order valence-corrected chi connectivity index (χ3v) is 9.57. The molecule has 0 heterocycles. The summed E-state index contributed by atoms with van der Waals surface area (Å²) in [6.45, 7) is 11.8. The van der Waals surface area contributed by atoms with E-state index < -0.39 is 0 Å². The number of ether oxygens (including phenoxy) is 2. The molecule has 0 bridgehead atoms. The van der Waals surface area contributed by atoms with Gasteiger partial charge in [0.1, 0.15) is 12.2 Å². The van der Waals surface area contributed by atoms with E-state index in [-0.39, 0.29) is 46.7 Å². The first-order chi connectivity index (χ1) is 15.0. The number of fused-ring (bicyclic) bond motifs is 5. The van der Waals surface area contributed by atoms with E-state index in [0.29, 0.717) is 17.8 Å². The van der Waals surface area contributed by atoms with Gasteiger partial charge in [-0.2, -0.15) is 0 Å². The molecule has 4 aliphatic rings. The summed E-state index contributed by atoms with van der Waals surface area (Å²) in [5.41, 5.74) is 2.25. The summed E-state index contributed by atoms with van der Waals surface area (Å²) in [6.07, 6.45) is 8.90. The van der Waals surface area contributed by atoms with Gasteiger partial charge >= 0.3 is 11.9 Å². The SMILES string of the molecule is CC[C@H](OC(C)=O)[C@H]1C[C@H](OC(C)=O)[C@@]2(C)CC[C@H]3[C@@H](CCC4=CC(=O)C=C(C)[C@@]43C)[C@H]12. The average Bonchev–Trinajstić information content (AvgIpc) is 2.99. The van der Waals surface area contributed by atoms with Gasteiger partial charge in [-0.05, 0) is 75.4 Å². The molecule has 3 fully saturated rings. The monoisotopic (exact) mass is 442 g/mol. The number of esters is 2. The minimum Gasteiger partial charge on any atom is -0.462 e. The predicted molar refractivity (Wildman–Crippen MR) is 122 cm³/mol. The van der Waals surface area contributed by atoms with Gasteiger partial charge < -0.3 is 9.47 Å². The highest BCUT2D eigenvalue weighted by Gasteiger charge is 2.64. The summed E-state index contributed by atoms with van der Waals surface area (Å²) in [5.74, 6) is 1.02. The van der Waals surface area contributed by atoms with Crippen molar-refractivity contribution in [3.63, 3.8) is 0 Å². The number of hydrogen-bond donors (Lipinski definition) is 0. The van der Waals surface area contributed by atoms with Gasteiger partial charge in [0.2, 0.25) is 0 Å². The fourth-order valence-corrected chi connectivity index (χ4v) is 8.15. The zero-order chi connectivity index (χ0) is 23.4. The van der Waals surface area contributed by atoms with Crippen LogP contribution >= 0.6 is 0 Å². The van der Waals surface area contributed by atoms with E-state index in [1.54, 1.807) is 0 Å². The smallest absolute Gasteiger partial charge is 0.302 e. The standard InChI is InChI=1S/C27H38O5/c1-7-23(31-16(3)28)21-14-24(32-17(4)29)26(5)11-10-22-20(25(21)26)9-8-18-13-19(30)12-15(2)27(18,22)6/h12-13,20-25H,7-11,14H2,1-6H3/t20-,21-,22+,23+,24+,25-,26-,27+/m1/s1. The molecule has 5 nitrogen and oxygen atoms in total. The summed E-state index contributed by atoms with van der Waals surface area (Å²) in [7, 11) is 0. The van der Waals surface area contributed by atoms with Gasteiger partial charge in [-0.1, -0.05) is 31.9 Å². The van der Waals surface area contributed by atoms with Gasteiger partial charge in [-0.3, -0.25) is 14.4 Å². The Kier molecular flexibility index (Phi) is 5.92. The van der Waals surface area contributed by atoms with Crippen molar-refractivity contribution in [2.24, 2.45) is 34.5 Å². The van der Waals surface area contributed by atoms with Crippen molar-refractivity contribution in [2.45, 2.75) is 92.3 Å². The zero-order valence-corrected chi connectivity index (χ0v) is 20.4. The third-order valence-electron chi connectivity index (χ3n) is 9.57. The van der Waals surface area contributed by atoms with Crippen molar-refractivity contribution in [1.29, 1.82) is 0 Å². The molecule has 0 aromatic heterocycles. The number of allylic oxidation sites excluding steroid dienone is 4.